The number of carbonyl (C=O) groups excluding carboxylic acids is 1. The summed E-state index contributed by atoms with van der Waals surface area (Å²) in [7, 11) is 4.82. The Morgan fingerprint density at radius 2 is 1.61 bits per heavy atom. The molecule has 2 atom stereocenters. The predicted octanol–water partition coefficient (Wildman–Crippen LogP) is 5.75. The average Bonchev–Trinajstić information content (AvgIpc) is 3.32. The van der Waals surface area contributed by atoms with Gasteiger partial charge in [-0.15, -0.1) is 11.3 Å². The van der Waals surface area contributed by atoms with Gasteiger partial charge in [0.05, 0.1) is 38.7 Å². The largest absolute Gasteiger partial charge is 0.496 e. The van der Waals surface area contributed by atoms with Gasteiger partial charge in [-0.2, -0.15) is 0 Å². The number of anilines is 2. The molecule has 2 heterocycles. The number of rotatable bonds is 5. The van der Waals surface area contributed by atoms with Gasteiger partial charge in [0.25, 0.3) is 0 Å². The molecule has 2 aliphatic rings. The van der Waals surface area contributed by atoms with E-state index in [4.69, 9.17) is 14.2 Å². The third-order valence-corrected chi connectivity index (χ3v) is 7.34. The fourth-order valence-electron chi connectivity index (χ4n) is 4.73. The van der Waals surface area contributed by atoms with Crippen LogP contribution < -0.4 is 24.8 Å². The lowest BCUT2D eigenvalue weighted by Gasteiger charge is -2.30. The lowest BCUT2D eigenvalue weighted by Crippen LogP contribution is -2.27. The first-order valence-corrected chi connectivity index (χ1v) is 11.7. The Bertz CT molecular complexity index is 1220. The molecule has 0 amide bonds. The SMILES string of the molecule is COc1cc(OC)c([C@H]2Nc3ccccc3NC3=C2C(=O)C[C@H](c2cccs2)C3)cc1OC. The summed E-state index contributed by atoms with van der Waals surface area (Å²) < 4.78 is 16.8. The number of methoxy groups -OCH3 is 3. The number of fused-ring (bicyclic) bond motifs is 1. The van der Waals surface area contributed by atoms with Crippen LogP contribution in [-0.2, 0) is 4.79 Å². The number of benzene rings is 2. The van der Waals surface area contributed by atoms with Crippen molar-refractivity contribution in [1.29, 1.82) is 0 Å². The third-order valence-electron chi connectivity index (χ3n) is 6.30. The van der Waals surface area contributed by atoms with E-state index in [1.165, 1.54) is 4.88 Å². The maximum absolute atomic E-state index is 13.7. The topological polar surface area (TPSA) is 68.8 Å². The number of hydrogen-bond donors (Lipinski definition) is 2. The molecule has 1 aromatic heterocycles. The maximum atomic E-state index is 13.7. The number of thiophene rings is 1. The van der Waals surface area contributed by atoms with Crippen molar-refractivity contribution in [2.24, 2.45) is 0 Å². The monoisotopic (exact) mass is 462 g/mol. The molecule has 7 heteroatoms. The highest BCUT2D eigenvalue weighted by Crippen LogP contribution is 2.48. The summed E-state index contributed by atoms with van der Waals surface area (Å²) >= 11 is 1.71. The van der Waals surface area contributed by atoms with Crippen LogP contribution in [0, 0.1) is 0 Å². The number of para-hydroxylation sites is 2. The summed E-state index contributed by atoms with van der Waals surface area (Å²) in [6, 6.07) is 15.5. The van der Waals surface area contributed by atoms with Crippen LogP contribution in [-0.4, -0.2) is 27.1 Å². The first kappa shape index (κ1) is 21.4. The smallest absolute Gasteiger partial charge is 0.164 e. The van der Waals surface area contributed by atoms with Gasteiger partial charge >= 0.3 is 0 Å². The van der Waals surface area contributed by atoms with Crippen LogP contribution in [0.3, 0.4) is 0 Å². The van der Waals surface area contributed by atoms with Crippen molar-refractivity contribution in [2.75, 3.05) is 32.0 Å². The van der Waals surface area contributed by atoms with E-state index in [1.807, 2.05) is 42.5 Å². The fourth-order valence-corrected chi connectivity index (χ4v) is 5.56. The Morgan fingerprint density at radius 3 is 2.30 bits per heavy atom. The minimum Gasteiger partial charge on any atom is -0.496 e. The number of Topliss-reactive ketones (excluding diaryl/α,β-unsaturated/α-hetero) is 1. The zero-order valence-electron chi connectivity index (χ0n) is 18.8. The Kier molecular flexibility index (Phi) is 5.72. The van der Waals surface area contributed by atoms with Gasteiger partial charge < -0.3 is 24.8 Å². The van der Waals surface area contributed by atoms with Crippen LogP contribution >= 0.6 is 11.3 Å². The second kappa shape index (κ2) is 8.83. The highest BCUT2D eigenvalue weighted by atomic mass is 32.1. The molecule has 5 rings (SSSR count). The highest BCUT2D eigenvalue weighted by Gasteiger charge is 2.37. The zero-order valence-corrected chi connectivity index (χ0v) is 19.6. The highest BCUT2D eigenvalue weighted by molar-refractivity contribution is 7.10. The van der Waals surface area contributed by atoms with E-state index in [2.05, 4.69) is 22.1 Å². The van der Waals surface area contributed by atoms with Gasteiger partial charge in [-0.1, -0.05) is 18.2 Å². The van der Waals surface area contributed by atoms with Crippen LogP contribution in [0.2, 0.25) is 0 Å². The van der Waals surface area contributed by atoms with Gasteiger partial charge in [0.15, 0.2) is 17.3 Å². The fraction of sp³-hybridized carbons (Fsp3) is 0.269. The molecule has 2 aromatic carbocycles. The van der Waals surface area contributed by atoms with Crippen molar-refractivity contribution >= 4 is 28.5 Å². The second-order valence-corrected chi connectivity index (χ2v) is 9.11. The number of hydrogen-bond acceptors (Lipinski definition) is 7. The van der Waals surface area contributed by atoms with E-state index >= 15 is 0 Å². The standard InChI is InChI=1S/C26H26N2O4S/c1-30-21-14-23(32-3)22(31-2)13-16(21)26-25-19(27-17-7-4-5-8-18(17)28-26)11-15(12-20(25)29)24-9-6-10-33-24/h4-10,13-15,26-28H,11-12H2,1-3H3/t15-,26-/m1/s1. The first-order chi connectivity index (χ1) is 16.1. The van der Waals surface area contributed by atoms with Crippen LogP contribution in [0.4, 0.5) is 11.4 Å². The maximum Gasteiger partial charge on any atom is 0.164 e. The van der Waals surface area contributed by atoms with E-state index in [0.29, 0.717) is 23.7 Å². The number of allylic oxidation sites excluding steroid dienone is 1. The first-order valence-electron chi connectivity index (χ1n) is 10.8. The number of carbonyl (C=O) groups is 1. The summed E-state index contributed by atoms with van der Waals surface area (Å²) in [5.74, 6) is 2.09. The van der Waals surface area contributed by atoms with Crippen LogP contribution in [0.5, 0.6) is 17.2 Å². The third kappa shape index (κ3) is 3.82. The van der Waals surface area contributed by atoms with Gasteiger partial charge in [-0.25, -0.2) is 0 Å². The normalized spacial score (nSPS) is 19.5. The Labute approximate surface area is 197 Å². The van der Waals surface area contributed by atoms with Gasteiger partial charge in [-0.05, 0) is 36.1 Å². The van der Waals surface area contributed by atoms with Crippen LogP contribution in [0.25, 0.3) is 0 Å². The molecule has 6 nitrogen and oxygen atoms in total. The van der Waals surface area contributed by atoms with Crippen molar-refractivity contribution in [3.63, 3.8) is 0 Å². The van der Waals surface area contributed by atoms with E-state index in [1.54, 1.807) is 32.7 Å². The minimum atomic E-state index is -0.400. The van der Waals surface area contributed by atoms with Gasteiger partial charge in [-0.3, -0.25) is 4.79 Å². The summed E-state index contributed by atoms with van der Waals surface area (Å²) in [6.45, 7) is 0. The molecule has 0 unspecified atom stereocenters. The Balaban J connectivity index is 1.68. The summed E-state index contributed by atoms with van der Waals surface area (Å²) in [6.07, 6.45) is 1.24. The molecule has 2 N–H and O–H groups in total. The van der Waals surface area contributed by atoms with Gasteiger partial charge in [0.1, 0.15) is 5.75 Å². The number of ketones is 1. The molecule has 1 aliphatic carbocycles. The average molecular weight is 463 g/mol. The van der Waals surface area contributed by atoms with Crippen molar-refractivity contribution in [3.8, 4) is 17.2 Å². The Morgan fingerprint density at radius 1 is 0.879 bits per heavy atom. The molecule has 0 bridgehead atoms. The molecule has 0 spiro atoms. The predicted molar refractivity (Wildman–Crippen MR) is 131 cm³/mol. The number of ether oxygens (including phenoxy) is 3. The molecular formula is C26H26N2O4S. The summed E-state index contributed by atoms with van der Waals surface area (Å²) in [5, 5.41) is 9.25. The molecule has 3 aromatic rings. The Hall–Kier alpha value is -3.45. The molecule has 33 heavy (non-hydrogen) atoms. The van der Waals surface area contributed by atoms with Crippen LogP contribution in [0.15, 0.2) is 65.2 Å². The van der Waals surface area contributed by atoms with Crippen LogP contribution in [0.1, 0.15) is 35.2 Å². The lowest BCUT2D eigenvalue weighted by atomic mass is 9.80. The van der Waals surface area contributed by atoms with Gasteiger partial charge in [0, 0.05) is 40.1 Å². The van der Waals surface area contributed by atoms with Crippen molar-refractivity contribution in [2.45, 2.75) is 24.8 Å². The molecule has 0 fully saturated rings. The van der Waals surface area contributed by atoms with E-state index in [0.717, 1.165) is 34.6 Å². The van der Waals surface area contributed by atoms with Crippen molar-refractivity contribution in [3.05, 3.63) is 75.6 Å². The molecule has 170 valence electrons. The van der Waals surface area contributed by atoms with Gasteiger partial charge in [0.2, 0.25) is 0 Å². The van der Waals surface area contributed by atoms with E-state index in [9.17, 15) is 4.79 Å². The lowest BCUT2D eigenvalue weighted by molar-refractivity contribution is -0.116. The molecular weight excluding hydrogens is 436 g/mol. The molecule has 0 saturated carbocycles. The molecule has 0 saturated heterocycles. The summed E-state index contributed by atoms with van der Waals surface area (Å²) in [4.78, 5) is 14.9. The van der Waals surface area contributed by atoms with Crippen molar-refractivity contribution < 1.29 is 19.0 Å². The number of nitrogens with one attached hydrogen (secondary N) is 2. The molecule has 1 aliphatic heterocycles. The van der Waals surface area contributed by atoms with E-state index in [-0.39, 0.29) is 11.7 Å². The molecule has 0 radical (unpaired) electrons. The van der Waals surface area contributed by atoms with E-state index < -0.39 is 6.04 Å². The second-order valence-electron chi connectivity index (χ2n) is 8.13. The summed E-state index contributed by atoms with van der Waals surface area (Å²) in [5.41, 5.74) is 4.39. The minimum absolute atomic E-state index is 0.129. The quantitative estimate of drug-likeness (QED) is 0.503. The van der Waals surface area contributed by atoms with Crippen molar-refractivity contribution in [1.82, 2.24) is 0 Å². The zero-order chi connectivity index (χ0) is 22.9.